The minimum atomic E-state index is -3.54. The Morgan fingerprint density at radius 1 is 1.20 bits per heavy atom. The van der Waals surface area contributed by atoms with Crippen LogP contribution in [0.5, 0.6) is 0 Å². The van der Waals surface area contributed by atoms with Gasteiger partial charge in [0.15, 0.2) is 0 Å². The van der Waals surface area contributed by atoms with Gasteiger partial charge in [0, 0.05) is 37.8 Å². The molecule has 2 saturated heterocycles. The number of rotatable bonds is 2. The van der Waals surface area contributed by atoms with Crippen molar-refractivity contribution in [3.8, 4) is 0 Å². The molecule has 1 aromatic carbocycles. The summed E-state index contributed by atoms with van der Waals surface area (Å²) in [6.07, 6.45) is 3.51. The molecule has 0 radical (unpaired) electrons. The zero-order valence-electron chi connectivity index (χ0n) is 14.3. The molecule has 2 bridgehead atoms. The molecule has 25 heavy (non-hydrogen) atoms. The fraction of sp³-hybridized carbons (Fsp3) is 0.588. The first-order valence-electron chi connectivity index (χ1n) is 8.64. The van der Waals surface area contributed by atoms with Crippen LogP contribution in [-0.2, 0) is 21.2 Å². The summed E-state index contributed by atoms with van der Waals surface area (Å²) >= 11 is 0. The molecular weight excluding hydrogens is 362 g/mol. The number of anilines is 1. The van der Waals surface area contributed by atoms with Crippen molar-refractivity contribution >= 4 is 34.0 Å². The number of fused-ring (bicyclic) bond motifs is 3. The Morgan fingerprint density at radius 3 is 2.72 bits per heavy atom. The van der Waals surface area contributed by atoms with E-state index in [2.05, 4.69) is 5.32 Å². The molecule has 4 rings (SSSR count). The van der Waals surface area contributed by atoms with Crippen LogP contribution in [0, 0.1) is 0 Å². The molecule has 0 spiro atoms. The number of carbonyl (C=O) groups excluding carboxylic acids is 1. The van der Waals surface area contributed by atoms with E-state index in [4.69, 9.17) is 0 Å². The highest BCUT2D eigenvalue weighted by Crippen LogP contribution is 2.36. The highest BCUT2D eigenvalue weighted by atomic mass is 35.5. The van der Waals surface area contributed by atoms with Crippen LogP contribution in [0.1, 0.15) is 31.7 Å². The van der Waals surface area contributed by atoms with Crippen LogP contribution >= 0.6 is 12.4 Å². The van der Waals surface area contributed by atoms with E-state index >= 15 is 0 Å². The Balaban J connectivity index is 0.00000182. The smallest absolute Gasteiger partial charge is 0.243 e. The Bertz CT molecular complexity index is 769. The summed E-state index contributed by atoms with van der Waals surface area (Å²) in [5, 5.41) is 3.34. The lowest BCUT2D eigenvalue weighted by Crippen LogP contribution is -2.42. The van der Waals surface area contributed by atoms with Crippen molar-refractivity contribution in [3.05, 3.63) is 23.8 Å². The summed E-state index contributed by atoms with van der Waals surface area (Å²) in [6, 6.07) is 5.39. The lowest BCUT2D eigenvalue weighted by Gasteiger charge is -2.27. The third-order valence-electron chi connectivity index (χ3n) is 5.50. The molecule has 1 N–H and O–H groups in total. The van der Waals surface area contributed by atoms with Crippen molar-refractivity contribution in [2.45, 2.75) is 49.6 Å². The van der Waals surface area contributed by atoms with Crippen LogP contribution in [0.2, 0.25) is 0 Å². The van der Waals surface area contributed by atoms with Gasteiger partial charge in [-0.3, -0.25) is 4.79 Å². The molecule has 8 heteroatoms. The molecule has 2 atom stereocenters. The van der Waals surface area contributed by atoms with Crippen LogP contribution in [-0.4, -0.2) is 50.3 Å². The highest BCUT2D eigenvalue weighted by molar-refractivity contribution is 7.89. The Hall–Kier alpha value is -1.15. The van der Waals surface area contributed by atoms with E-state index in [1.165, 1.54) is 6.92 Å². The second-order valence-corrected chi connectivity index (χ2v) is 8.77. The van der Waals surface area contributed by atoms with Gasteiger partial charge in [-0.05, 0) is 49.9 Å². The zero-order chi connectivity index (χ0) is 16.9. The van der Waals surface area contributed by atoms with E-state index in [9.17, 15) is 13.2 Å². The average Bonchev–Trinajstić information content (AvgIpc) is 3.06. The summed E-state index contributed by atoms with van der Waals surface area (Å²) in [4.78, 5) is 13.8. The van der Waals surface area contributed by atoms with Crippen molar-refractivity contribution in [1.29, 1.82) is 0 Å². The van der Waals surface area contributed by atoms with Crippen LogP contribution in [0.25, 0.3) is 0 Å². The lowest BCUT2D eigenvalue weighted by molar-refractivity contribution is -0.116. The van der Waals surface area contributed by atoms with Gasteiger partial charge in [-0.15, -0.1) is 12.4 Å². The van der Waals surface area contributed by atoms with Gasteiger partial charge in [0.05, 0.1) is 4.90 Å². The Morgan fingerprint density at radius 2 is 1.96 bits per heavy atom. The fourth-order valence-corrected chi connectivity index (χ4v) is 6.22. The fourth-order valence-electron chi connectivity index (χ4n) is 4.30. The molecule has 138 valence electrons. The van der Waals surface area contributed by atoms with Gasteiger partial charge < -0.3 is 10.2 Å². The standard InChI is InChI=1S/C17H23N3O3S.ClH/c1-12(21)19-9-7-13-2-5-16(10-17(13)19)24(22,23)20-14-3-4-15(20)11-18-8-6-14;/h2,5,10,14-15,18H,3-4,6-9,11H2,1H3;1H. The lowest BCUT2D eigenvalue weighted by atomic mass is 10.1. The maximum Gasteiger partial charge on any atom is 0.243 e. The number of carbonyl (C=O) groups is 1. The number of hydrogen-bond acceptors (Lipinski definition) is 4. The predicted octanol–water partition coefficient (Wildman–Crippen LogP) is 1.53. The van der Waals surface area contributed by atoms with Crippen molar-refractivity contribution in [2.24, 2.45) is 0 Å². The van der Waals surface area contributed by atoms with Crippen LogP contribution in [0.3, 0.4) is 0 Å². The monoisotopic (exact) mass is 385 g/mol. The molecule has 2 unspecified atom stereocenters. The number of benzene rings is 1. The molecule has 2 fully saturated rings. The maximum absolute atomic E-state index is 13.3. The number of amides is 1. The number of halogens is 1. The molecule has 1 amide bonds. The van der Waals surface area contributed by atoms with Crippen molar-refractivity contribution in [1.82, 2.24) is 9.62 Å². The van der Waals surface area contributed by atoms with E-state index in [1.807, 2.05) is 6.07 Å². The Kier molecular flexibility index (Phi) is 5.12. The molecule has 0 saturated carbocycles. The van der Waals surface area contributed by atoms with Crippen LogP contribution < -0.4 is 10.2 Å². The first-order chi connectivity index (χ1) is 11.5. The topological polar surface area (TPSA) is 69.7 Å². The number of nitrogens with zero attached hydrogens (tertiary/aromatic N) is 2. The quantitative estimate of drug-likeness (QED) is 0.838. The second kappa shape index (κ2) is 6.87. The molecular formula is C17H24ClN3O3S. The SMILES string of the molecule is CC(=O)N1CCc2ccc(S(=O)(=O)N3C4CCNCC3CC4)cc21.Cl. The Labute approximate surface area is 155 Å². The summed E-state index contributed by atoms with van der Waals surface area (Å²) in [6.45, 7) is 3.75. The molecule has 3 heterocycles. The van der Waals surface area contributed by atoms with Gasteiger partial charge in [0.1, 0.15) is 0 Å². The maximum atomic E-state index is 13.3. The normalized spacial score (nSPS) is 26.0. The molecule has 3 aliphatic heterocycles. The molecule has 0 aliphatic carbocycles. The zero-order valence-corrected chi connectivity index (χ0v) is 15.9. The molecule has 1 aromatic rings. The van der Waals surface area contributed by atoms with Crippen molar-refractivity contribution in [3.63, 3.8) is 0 Å². The van der Waals surface area contributed by atoms with Gasteiger partial charge in [-0.2, -0.15) is 4.31 Å². The number of nitrogens with one attached hydrogen (secondary N) is 1. The predicted molar refractivity (Wildman–Crippen MR) is 98.7 cm³/mol. The van der Waals surface area contributed by atoms with E-state index in [-0.39, 0.29) is 30.4 Å². The van der Waals surface area contributed by atoms with Gasteiger partial charge in [-0.25, -0.2) is 8.42 Å². The second-order valence-electron chi connectivity index (χ2n) is 6.92. The van der Waals surface area contributed by atoms with Crippen LogP contribution in [0.4, 0.5) is 5.69 Å². The number of sulfonamides is 1. The summed E-state index contributed by atoms with van der Waals surface area (Å²) < 4.78 is 28.3. The van der Waals surface area contributed by atoms with Gasteiger partial charge in [-0.1, -0.05) is 6.07 Å². The molecule has 0 aromatic heterocycles. The summed E-state index contributed by atoms with van der Waals surface area (Å²) in [7, 11) is -3.54. The van der Waals surface area contributed by atoms with Gasteiger partial charge in [0.25, 0.3) is 0 Å². The summed E-state index contributed by atoms with van der Waals surface area (Å²) in [5.41, 5.74) is 1.80. The largest absolute Gasteiger partial charge is 0.315 e. The van der Waals surface area contributed by atoms with E-state index in [1.54, 1.807) is 21.3 Å². The van der Waals surface area contributed by atoms with Crippen molar-refractivity contribution < 1.29 is 13.2 Å². The third-order valence-corrected chi connectivity index (χ3v) is 7.50. The van der Waals surface area contributed by atoms with E-state index in [0.717, 1.165) is 50.0 Å². The van der Waals surface area contributed by atoms with Gasteiger partial charge >= 0.3 is 0 Å². The number of hydrogen-bond donors (Lipinski definition) is 1. The van der Waals surface area contributed by atoms with Crippen LogP contribution in [0.15, 0.2) is 23.1 Å². The minimum Gasteiger partial charge on any atom is -0.315 e. The molecule has 6 nitrogen and oxygen atoms in total. The highest BCUT2D eigenvalue weighted by Gasteiger charge is 2.43. The van der Waals surface area contributed by atoms with Gasteiger partial charge in [0.2, 0.25) is 15.9 Å². The first kappa shape index (κ1) is 18.6. The summed E-state index contributed by atoms with van der Waals surface area (Å²) in [5.74, 6) is -0.0395. The molecule has 3 aliphatic rings. The van der Waals surface area contributed by atoms with Crippen molar-refractivity contribution in [2.75, 3.05) is 24.5 Å². The van der Waals surface area contributed by atoms with E-state index < -0.39 is 10.0 Å². The third kappa shape index (κ3) is 3.07. The minimum absolute atomic E-state index is 0. The average molecular weight is 386 g/mol. The van der Waals surface area contributed by atoms with E-state index in [0.29, 0.717) is 11.4 Å². The first-order valence-corrected chi connectivity index (χ1v) is 10.1.